The van der Waals surface area contributed by atoms with Gasteiger partial charge in [0.25, 0.3) is 5.91 Å². The van der Waals surface area contributed by atoms with E-state index in [1.807, 2.05) is 0 Å². The molecular weight excluding hydrogens is 429 g/mol. The van der Waals surface area contributed by atoms with E-state index in [1.165, 1.54) is 18.2 Å². The average molecular weight is 454 g/mol. The maximum atomic E-state index is 12.6. The third-order valence-corrected chi connectivity index (χ3v) is 4.13. The minimum atomic E-state index is -4.49. The van der Waals surface area contributed by atoms with Gasteiger partial charge in [0.1, 0.15) is 17.3 Å². The van der Waals surface area contributed by atoms with E-state index in [4.69, 9.17) is 4.74 Å². The van der Waals surface area contributed by atoms with Gasteiger partial charge in [0.2, 0.25) is 11.8 Å². The van der Waals surface area contributed by atoms with E-state index in [9.17, 15) is 22.8 Å². The van der Waals surface area contributed by atoms with Crippen LogP contribution in [0.2, 0.25) is 0 Å². The molecule has 0 atom stereocenters. The van der Waals surface area contributed by atoms with E-state index in [2.05, 4.69) is 25.0 Å². The molecule has 0 saturated heterocycles. The van der Waals surface area contributed by atoms with Crippen molar-refractivity contribution >= 4 is 11.7 Å². The van der Waals surface area contributed by atoms with Crippen LogP contribution in [0.5, 0.6) is 11.8 Å². The minimum absolute atomic E-state index is 0.00989. The van der Waals surface area contributed by atoms with Gasteiger partial charge in [-0.25, -0.2) is 9.97 Å². The predicted octanol–water partition coefficient (Wildman–Crippen LogP) is 3.22. The number of amides is 1. The highest BCUT2D eigenvalue weighted by Gasteiger charge is 2.28. The zero-order chi connectivity index (χ0) is 23.9. The monoisotopic (exact) mass is 454 g/mol. The van der Waals surface area contributed by atoms with Gasteiger partial charge in [-0.2, -0.15) is 18.2 Å². The summed E-state index contributed by atoms with van der Waals surface area (Å²) >= 11 is 0. The molecule has 1 amide bonds. The van der Waals surface area contributed by atoms with E-state index in [0.29, 0.717) is 11.3 Å². The second-order valence-corrected chi connectivity index (χ2v) is 7.24. The lowest BCUT2D eigenvalue weighted by molar-refractivity contribution is -0.154. The summed E-state index contributed by atoms with van der Waals surface area (Å²) in [6.07, 6.45) is -4.47. The van der Waals surface area contributed by atoms with Crippen LogP contribution in [0.3, 0.4) is 0 Å². The Morgan fingerprint density at radius 3 is 2.47 bits per heavy atom. The number of carbonyl (C=O) groups is 2. The predicted molar refractivity (Wildman–Crippen MR) is 108 cm³/mol. The number of alkyl halides is 3. The van der Waals surface area contributed by atoms with E-state index >= 15 is 0 Å². The number of ether oxygens (including phenoxy) is 2. The van der Waals surface area contributed by atoms with Crippen LogP contribution in [0.4, 0.5) is 13.2 Å². The van der Waals surface area contributed by atoms with Crippen LogP contribution in [0.1, 0.15) is 48.3 Å². The Hall–Kier alpha value is -3.24. The van der Waals surface area contributed by atoms with Gasteiger partial charge in [0.15, 0.2) is 6.61 Å². The molecule has 2 heterocycles. The van der Waals surface area contributed by atoms with E-state index in [0.717, 1.165) is 0 Å². The first-order chi connectivity index (χ1) is 15.0. The number of Topliss-reactive ketones (excluding diaryl/α,β-unsaturated/α-hetero) is 1. The standard InChI is InChI=1S/C21H25F3N4O4/c1-5-31-20-14(6-7-18(28-20)32-11-21(22,23)24)10-25-19(30)15-8-13(4)26-17(27-15)9-16(29)12(2)3/h6-8,12H,5,9-11H2,1-4H3,(H,25,30). The van der Waals surface area contributed by atoms with Crippen LogP contribution in [0.25, 0.3) is 0 Å². The SMILES string of the molecule is CCOc1nc(OCC(F)(F)F)ccc1CNC(=O)c1cc(C)nc(CC(=O)C(C)C)n1. The molecule has 8 nitrogen and oxygen atoms in total. The van der Waals surface area contributed by atoms with Gasteiger partial charge in [0.05, 0.1) is 13.0 Å². The lowest BCUT2D eigenvalue weighted by Crippen LogP contribution is -2.25. The van der Waals surface area contributed by atoms with Crippen molar-refractivity contribution in [2.45, 2.75) is 46.8 Å². The van der Waals surface area contributed by atoms with Crippen molar-refractivity contribution in [2.24, 2.45) is 5.92 Å². The van der Waals surface area contributed by atoms with Crippen LogP contribution in [0.15, 0.2) is 18.2 Å². The molecule has 0 aliphatic rings. The summed E-state index contributed by atoms with van der Waals surface area (Å²) < 4.78 is 47.0. The van der Waals surface area contributed by atoms with Crippen LogP contribution < -0.4 is 14.8 Å². The van der Waals surface area contributed by atoms with E-state index < -0.39 is 18.7 Å². The Morgan fingerprint density at radius 1 is 1.12 bits per heavy atom. The maximum Gasteiger partial charge on any atom is 0.422 e. The second-order valence-electron chi connectivity index (χ2n) is 7.24. The number of pyridine rings is 1. The molecule has 0 unspecified atom stereocenters. The molecular formula is C21H25F3N4O4. The Balaban J connectivity index is 2.11. The molecule has 32 heavy (non-hydrogen) atoms. The third-order valence-electron chi connectivity index (χ3n) is 4.13. The van der Waals surface area contributed by atoms with Crippen LogP contribution >= 0.6 is 0 Å². The van der Waals surface area contributed by atoms with Gasteiger partial charge in [-0.05, 0) is 26.0 Å². The van der Waals surface area contributed by atoms with Crippen molar-refractivity contribution < 1.29 is 32.2 Å². The second kappa shape index (κ2) is 10.9. The highest BCUT2D eigenvalue weighted by atomic mass is 19.4. The molecule has 174 valence electrons. The zero-order valence-electron chi connectivity index (χ0n) is 18.2. The third kappa shape index (κ3) is 7.78. The van der Waals surface area contributed by atoms with Crippen molar-refractivity contribution in [3.05, 3.63) is 41.0 Å². The van der Waals surface area contributed by atoms with E-state index in [-0.39, 0.29) is 54.6 Å². The number of aryl methyl sites for hydroxylation is 1. The topological polar surface area (TPSA) is 103 Å². The van der Waals surface area contributed by atoms with Crippen molar-refractivity contribution in [3.8, 4) is 11.8 Å². The first-order valence-electron chi connectivity index (χ1n) is 9.96. The number of hydrogen-bond acceptors (Lipinski definition) is 7. The fourth-order valence-corrected chi connectivity index (χ4v) is 2.54. The minimum Gasteiger partial charge on any atom is -0.478 e. The van der Waals surface area contributed by atoms with Crippen molar-refractivity contribution in [2.75, 3.05) is 13.2 Å². The quantitative estimate of drug-likeness (QED) is 0.588. The fourth-order valence-electron chi connectivity index (χ4n) is 2.54. The van der Waals surface area contributed by atoms with Crippen LogP contribution in [-0.4, -0.2) is 46.0 Å². The van der Waals surface area contributed by atoms with Crippen LogP contribution in [-0.2, 0) is 17.8 Å². The summed E-state index contributed by atoms with van der Waals surface area (Å²) in [4.78, 5) is 36.9. The highest BCUT2D eigenvalue weighted by Crippen LogP contribution is 2.22. The first kappa shape index (κ1) is 25.0. The maximum absolute atomic E-state index is 12.6. The number of rotatable bonds is 10. The lowest BCUT2D eigenvalue weighted by atomic mass is 10.1. The summed E-state index contributed by atoms with van der Waals surface area (Å²) in [7, 11) is 0. The largest absolute Gasteiger partial charge is 0.478 e. The van der Waals surface area contributed by atoms with Gasteiger partial charge < -0.3 is 14.8 Å². The summed E-state index contributed by atoms with van der Waals surface area (Å²) in [5.41, 5.74) is 1.08. The molecule has 2 aromatic heterocycles. The molecule has 2 rings (SSSR count). The van der Waals surface area contributed by atoms with Crippen molar-refractivity contribution in [1.29, 1.82) is 0 Å². The fraction of sp³-hybridized carbons (Fsp3) is 0.476. The highest BCUT2D eigenvalue weighted by molar-refractivity contribution is 5.92. The molecule has 0 aliphatic heterocycles. The smallest absolute Gasteiger partial charge is 0.422 e. The Kier molecular flexibility index (Phi) is 8.50. The number of hydrogen-bond donors (Lipinski definition) is 1. The van der Waals surface area contributed by atoms with Gasteiger partial charge in [0, 0.05) is 29.8 Å². The molecule has 0 fully saturated rings. The molecule has 0 bridgehead atoms. The number of halogens is 3. The molecule has 0 spiro atoms. The molecule has 0 aliphatic carbocycles. The summed E-state index contributed by atoms with van der Waals surface area (Å²) in [5.74, 6) is -0.655. The zero-order valence-corrected chi connectivity index (χ0v) is 18.2. The Bertz CT molecular complexity index is 965. The van der Waals surface area contributed by atoms with Gasteiger partial charge in [-0.3, -0.25) is 9.59 Å². The first-order valence-corrected chi connectivity index (χ1v) is 9.96. The molecule has 1 N–H and O–H groups in total. The molecule has 11 heteroatoms. The Morgan fingerprint density at radius 2 is 1.84 bits per heavy atom. The van der Waals surface area contributed by atoms with Gasteiger partial charge in [-0.15, -0.1) is 0 Å². The lowest BCUT2D eigenvalue weighted by Gasteiger charge is -2.13. The molecule has 0 aromatic carbocycles. The van der Waals surface area contributed by atoms with Crippen LogP contribution in [0, 0.1) is 12.8 Å². The van der Waals surface area contributed by atoms with Crippen molar-refractivity contribution in [3.63, 3.8) is 0 Å². The summed E-state index contributed by atoms with van der Waals surface area (Å²) in [5, 5.41) is 2.67. The number of ketones is 1. The van der Waals surface area contributed by atoms with E-state index in [1.54, 1.807) is 27.7 Å². The number of nitrogens with zero attached hydrogens (tertiary/aromatic N) is 3. The average Bonchev–Trinajstić information content (AvgIpc) is 2.70. The molecule has 2 aromatic rings. The van der Waals surface area contributed by atoms with Gasteiger partial charge in [-0.1, -0.05) is 13.8 Å². The number of aromatic nitrogens is 3. The van der Waals surface area contributed by atoms with Gasteiger partial charge >= 0.3 is 6.18 Å². The Labute approximate surface area is 183 Å². The van der Waals surface area contributed by atoms with Crippen molar-refractivity contribution in [1.82, 2.24) is 20.3 Å². The number of nitrogens with one attached hydrogen (secondary N) is 1. The molecule has 0 saturated carbocycles. The normalized spacial score (nSPS) is 11.4. The summed E-state index contributed by atoms with van der Waals surface area (Å²) in [6.45, 7) is 5.66. The molecule has 0 radical (unpaired) electrons. The number of carbonyl (C=O) groups excluding carboxylic acids is 2. The summed E-state index contributed by atoms with van der Waals surface area (Å²) in [6, 6.07) is 4.22.